The zero-order chi connectivity index (χ0) is 43.8. The summed E-state index contributed by atoms with van der Waals surface area (Å²) in [7, 11) is 0. The molecule has 3 rings (SSSR count). The van der Waals surface area contributed by atoms with Gasteiger partial charge in [-0.3, -0.25) is 14.6 Å². The number of carbonyl (C=O) groups excluding carboxylic acids is 6. The molecule has 3 atom stereocenters. The van der Waals surface area contributed by atoms with Gasteiger partial charge >= 0.3 is 30.0 Å². The number of carbonyl (C=O) groups is 6. The van der Waals surface area contributed by atoms with Crippen LogP contribution in [0.15, 0.2) is 66.9 Å². The molecule has 1 aromatic heterocycles. The Labute approximate surface area is 347 Å². The molecule has 1 heterocycles. The minimum Gasteiger partial charge on any atom is -0.460 e. The van der Waals surface area contributed by atoms with E-state index in [4.69, 9.17) is 18.9 Å². The lowest BCUT2D eigenvalue weighted by molar-refractivity contribution is -0.159. The molecule has 15 heteroatoms. The molecule has 322 valence electrons. The molecule has 0 aliphatic heterocycles. The van der Waals surface area contributed by atoms with Gasteiger partial charge < -0.3 is 40.2 Å². The first kappa shape index (κ1) is 47.6. The predicted octanol–water partition coefficient (Wildman–Crippen LogP) is 6.20. The summed E-state index contributed by atoms with van der Waals surface area (Å²) in [5.74, 6) is -2.43. The number of nitrogens with one attached hydrogen (secondary N) is 4. The van der Waals surface area contributed by atoms with E-state index in [1.165, 1.54) is 0 Å². The van der Waals surface area contributed by atoms with Gasteiger partial charge in [0.2, 0.25) is 5.91 Å². The second-order valence-corrected chi connectivity index (χ2v) is 17.2. The summed E-state index contributed by atoms with van der Waals surface area (Å²) in [6, 6.07) is 14.4. The molecule has 0 spiro atoms. The minimum atomic E-state index is -1.22. The number of hydrogen-bond donors (Lipinski definition) is 4. The Balaban J connectivity index is 1.65. The van der Waals surface area contributed by atoms with Crippen molar-refractivity contribution in [2.24, 2.45) is 0 Å². The smallest absolute Gasteiger partial charge is 0.408 e. The van der Waals surface area contributed by atoms with Crippen molar-refractivity contribution in [1.82, 2.24) is 26.3 Å². The summed E-state index contributed by atoms with van der Waals surface area (Å²) in [5, 5.41) is 11.6. The zero-order valence-electron chi connectivity index (χ0n) is 35.8. The lowest BCUT2D eigenvalue weighted by atomic mass is 10.0. The lowest BCUT2D eigenvalue weighted by Gasteiger charge is -2.27. The van der Waals surface area contributed by atoms with Gasteiger partial charge in [0.15, 0.2) is 0 Å². The van der Waals surface area contributed by atoms with Crippen LogP contribution in [0.2, 0.25) is 0 Å². The standard InChI is InChI=1S/C44H61N5O10/c1-42(2,3)57-36(50)23-22-34(39(53)59-44(7,8)9)48-40(54)47-33(38(52)58-43(4,5)6)19-13-14-24-46-37(51)35(49-41(55)56-28-29-16-11-10-12-17-29)27-30-20-21-32-31(26-30)18-15-25-45-32/h10-12,15-18,20-21,25-26,33-35H,13-14,19,22-24,27-28H2,1-9H3,(H,46,51)(H,49,55)(H2,47,48,54)/t33-,34-,35-/m0/s1. The summed E-state index contributed by atoms with van der Waals surface area (Å²) < 4.78 is 21.8. The van der Waals surface area contributed by atoms with Crippen LogP contribution in [-0.2, 0) is 51.2 Å². The zero-order valence-corrected chi connectivity index (χ0v) is 35.8. The second kappa shape index (κ2) is 21.9. The SMILES string of the molecule is CC(C)(C)OC(=O)CC[C@H](NC(=O)N[C@@H](CCCCNC(=O)[C@H](Cc1ccc2ncccc2c1)NC(=O)OCc1ccccc1)C(=O)OC(C)(C)C)C(=O)OC(C)(C)C. The van der Waals surface area contributed by atoms with Gasteiger partial charge in [0.1, 0.15) is 41.5 Å². The van der Waals surface area contributed by atoms with Gasteiger partial charge in [0, 0.05) is 31.0 Å². The fourth-order valence-electron chi connectivity index (χ4n) is 5.67. The van der Waals surface area contributed by atoms with Gasteiger partial charge in [0.25, 0.3) is 0 Å². The molecule has 59 heavy (non-hydrogen) atoms. The highest BCUT2D eigenvalue weighted by Gasteiger charge is 2.31. The van der Waals surface area contributed by atoms with Crippen molar-refractivity contribution in [1.29, 1.82) is 0 Å². The molecular weight excluding hydrogens is 759 g/mol. The van der Waals surface area contributed by atoms with Crippen molar-refractivity contribution in [2.45, 2.75) is 142 Å². The Hall–Kier alpha value is -5.73. The Bertz CT molecular complexity index is 1880. The molecule has 0 fully saturated rings. The quantitative estimate of drug-likeness (QED) is 0.0647. The number of hydrogen-bond acceptors (Lipinski definition) is 11. The molecule has 0 saturated heterocycles. The third-order valence-electron chi connectivity index (χ3n) is 8.20. The number of amides is 4. The monoisotopic (exact) mass is 819 g/mol. The number of ether oxygens (including phenoxy) is 4. The normalized spacial score (nSPS) is 13.2. The first-order valence-corrected chi connectivity index (χ1v) is 19.9. The third-order valence-corrected chi connectivity index (χ3v) is 8.20. The largest absolute Gasteiger partial charge is 0.460 e. The molecule has 2 aromatic carbocycles. The molecule has 15 nitrogen and oxygen atoms in total. The molecule has 4 N–H and O–H groups in total. The highest BCUT2D eigenvalue weighted by atomic mass is 16.6. The number of pyridine rings is 1. The number of aromatic nitrogens is 1. The molecule has 0 unspecified atom stereocenters. The van der Waals surface area contributed by atoms with E-state index in [1.54, 1.807) is 68.5 Å². The van der Waals surface area contributed by atoms with Crippen molar-refractivity contribution in [3.05, 3.63) is 78.0 Å². The van der Waals surface area contributed by atoms with Gasteiger partial charge in [0.05, 0.1) is 5.52 Å². The first-order chi connectivity index (χ1) is 27.6. The maximum absolute atomic E-state index is 13.5. The van der Waals surface area contributed by atoms with Crippen LogP contribution >= 0.6 is 0 Å². The van der Waals surface area contributed by atoms with Crippen molar-refractivity contribution >= 4 is 46.8 Å². The Kier molecular flexibility index (Phi) is 17.7. The van der Waals surface area contributed by atoms with Gasteiger partial charge in [-0.05, 0) is 117 Å². The third kappa shape index (κ3) is 19.0. The topological polar surface area (TPSA) is 200 Å². The van der Waals surface area contributed by atoms with Crippen LogP contribution in [0.4, 0.5) is 9.59 Å². The van der Waals surface area contributed by atoms with Crippen LogP contribution in [0.25, 0.3) is 10.9 Å². The van der Waals surface area contributed by atoms with Crippen molar-refractivity contribution in [2.75, 3.05) is 6.54 Å². The number of rotatable bonds is 18. The van der Waals surface area contributed by atoms with Crippen LogP contribution in [0.1, 0.15) is 106 Å². The number of unbranched alkanes of at least 4 members (excludes halogenated alkanes) is 1. The molecule has 4 amide bonds. The molecule has 0 aliphatic carbocycles. The summed E-state index contributed by atoms with van der Waals surface area (Å²) in [5.41, 5.74) is -0.0764. The minimum absolute atomic E-state index is 0.0290. The number of alkyl carbamates (subject to hydrolysis) is 1. The van der Waals surface area contributed by atoms with Crippen LogP contribution in [0, 0.1) is 0 Å². The predicted molar refractivity (Wildman–Crippen MR) is 222 cm³/mol. The van der Waals surface area contributed by atoms with Crippen molar-refractivity contribution < 1.29 is 47.7 Å². The molecule has 3 aromatic rings. The highest BCUT2D eigenvalue weighted by Crippen LogP contribution is 2.17. The van der Waals surface area contributed by atoms with Gasteiger partial charge in [-0.1, -0.05) is 42.5 Å². The van der Waals surface area contributed by atoms with E-state index in [1.807, 2.05) is 60.7 Å². The average Bonchev–Trinajstić information content (AvgIpc) is 3.13. The maximum atomic E-state index is 13.5. The molecule has 0 aliphatic rings. The number of benzene rings is 2. The number of esters is 3. The van der Waals surface area contributed by atoms with E-state index in [2.05, 4.69) is 26.3 Å². The molecule has 0 bridgehead atoms. The van der Waals surface area contributed by atoms with Crippen molar-refractivity contribution in [3.8, 4) is 0 Å². The van der Waals surface area contributed by atoms with Gasteiger partial charge in [-0.25, -0.2) is 19.2 Å². The van der Waals surface area contributed by atoms with Crippen LogP contribution in [-0.4, -0.2) is 82.4 Å². The van der Waals surface area contributed by atoms with E-state index in [-0.39, 0.29) is 38.8 Å². The number of nitrogens with zero attached hydrogens (tertiary/aromatic N) is 1. The lowest BCUT2D eigenvalue weighted by Crippen LogP contribution is -2.53. The van der Waals surface area contributed by atoms with E-state index in [9.17, 15) is 28.8 Å². The summed E-state index contributed by atoms with van der Waals surface area (Å²) >= 11 is 0. The average molecular weight is 820 g/mol. The fraction of sp³-hybridized carbons (Fsp3) is 0.523. The fourth-order valence-corrected chi connectivity index (χ4v) is 5.67. The molecular formula is C44H61N5O10. The second-order valence-electron chi connectivity index (χ2n) is 17.2. The van der Waals surface area contributed by atoms with E-state index < -0.39 is 70.9 Å². The van der Waals surface area contributed by atoms with E-state index in [0.29, 0.717) is 12.8 Å². The van der Waals surface area contributed by atoms with Crippen LogP contribution in [0.3, 0.4) is 0 Å². The van der Waals surface area contributed by atoms with Crippen molar-refractivity contribution in [3.63, 3.8) is 0 Å². The Morgan fingerprint density at radius 2 is 1.25 bits per heavy atom. The van der Waals surface area contributed by atoms with Crippen LogP contribution < -0.4 is 21.3 Å². The van der Waals surface area contributed by atoms with Crippen LogP contribution in [0.5, 0.6) is 0 Å². The highest BCUT2D eigenvalue weighted by molar-refractivity contribution is 5.88. The number of urea groups is 1. The van der Waals surface area contributed by atoms with Gasteiger partial charge in [-0.15, -0.1) is 0 Å². The molecule has 0 saturated carbocycles. The summed E-state index contributed by atoms with van der Waals surface area (Å²) in [6.45, 7) is 15.5. The van der Waals surface area contributed by atoms with E-state index in [0.717, 1.165) is 22.0 Å². The number of fused-ring (bicyclic) bond motifs is 1. The molecule has 0 radical (unpaired) electrons. The van der Waals surface area contributed by atoms with E-state index >= 15 is 0 Å². The van der Waals surface area contributed by atoms with Gasteiger partial charge in [-0.2, -0.15) is 0 Å². The first-order valence-electron chi connectivity index (χ1n) is 19.9. The maximum Gasteiger partial charge on any atom is 0.408 e. The Morgan fingerprint density at radius 3 is 1.86 bits per heavy atom. The summed E-state index contributed by atoms with van der Waals surface area (Å²) in [6.07, 6.45) is 1.75. The summed E-state index contributed by atoms with van der Waals surface area (Å²) in [4.78, 5) is 82.8. The Morgan fingerprint density at radius 1 is 0.644 bits per heavy atom.